The third-order valence-electron chi connectivity index (χ3n) is 2.68. The molecule has 1 saturated heterocycles. The lowest BCUT2D eigenvalue weighted by atomic mass is 9.91. The van der Waals surface area contributed by atoms with Gasteiger partial charge in [0.05, 0.1) is 5.60 Å². The van der Waals surface area contributed by atoms with Crippen molar-refractivity contribution in [1.82, 2.24) is 5.32 Å². The highest BCUT2D eigenvalue weighted by Gasteiger charge is 2.29. The molecule has 2 heteroatoms. The molecule has 2 nitrogen and oxygen atoms in total. The van der Waals surface area contributed by atoms with E-state index in [1.54, 1.807) is 7.11 Å². The monoisotopic (exact) mass is 157 g/mol. The van der Waals surface area contributed by atoms with Crippen LogP contribution < -0.4 is 5.32 Å². The van der Waals surface area contributed by atoms with Gasteiger partial charge in [-0.1, -0.05) is 6.42 Å². The lowest BCUT2D eigenvalue weighted by molar-refractivity contribution is -0.0172. The lowest BCUT2D eigenvalue weighted by Crippen LogP contribution is -2.50. The quantitative estimate of drug-likeness (QED) is 0.656. The van der Waals surface area contributed by atoms with Crippen LogP contribution in [0.4, 0.5) is 0 Å². The average molecular weight is 157 g/mol. The van der Waals surface area contributed by atoms with Gasteiger partial charge < -0.3 is 10.1 Å². The Morgan fingerprint density at radius 2 is 2.09 bits per heavy atom. The molecule has 11 heavy (non-hydrogen) atoms. The summed E-state index contributed by atoms with van der Waals surface area (Å²) >= 11 is 0. The largest absolute Gasteiger partial charge is 0.377 e. The minimum absolute atomic E-state index is 0.000417. The van der Waals surface area contributed by atoms with E-state index in [-0.39, 0.29) is 5.60 Å². The highest BCUT2D eigenvalue weighted by molar-refractivity contribution is 4.87. The summed E-state index contributed by atoms with van der Waals surface area (Å²) in [6.07, 6.45) is 3.90. The van der Waals surface area contributed by atoms with E-state index in [2.05, 4.69) is 19.2 Å². The summed E-state index contributed by atoms with van der Waals surface area (Å²) in [5, 5.41) is 3.49. The number of ether oxygens (including phenoxy) is 1. The Kier molecular flexibility index (Phi) is 2.90. The Hall–Kier alpha value is -0.0800. The molecule has 0 aliphatic carbocycles. The standard InChI is InChI=1S/C9H19NO/c1-9(2,11-3)8-6-4-5-7-10-8/h8,10H,4-7H2,1-3H3. The first-order valence-electron chi connectivity index (χ1n) is 4.45. The first kappa shape index (κ1) is 9.01. The molecule has 0 radical (unpaired) electrons. The molecule has 1 atom stereocenters. The second-order valence-corrected chi connectivity index (χ2v) is 3.81. The predicted molar refractivity (Wildman–Crippen MR) is 46.7 cm³/mol. The molecule has 0 saturated carbocycles. The van der Waals surface area contributed by atoms with Gasteiger partial charge in [-0.15, -0.1) is 0 Å². The van der Waals surface area contributed by atoms with Crippen molar-refractivity contribution in [2.75, 3.05) is 13.7 Å². The fourth-order valence-corrected chi connectivity index (χ4v) is 1.59. The number of hydrogen-bond acceptors (Lipinski definition) is 2. The van der Waals surface area contributed by atoms with Gasteiger partial charge in [-0.25, -0.2) is 0 Å². The zero-order valence-corrected chi connectivity index (χ0v) is 7.81. The second kappa shape index (κ2) is 3.55. The van der Waals surface area contributed by atoms with E-state index in [1.807, 2.05) is 0 Å². The maximum Gasteiger partial charge on any atom is 0.0774 e. The minimum Gasteiger partial charge on any atom is -0.377 e. The Labute approximate surface area is 69.3 Å². The van der Waals surface area contributed by atoms with Gasteiger partial charge >= 0.3 is 0 Å². The van der Waals surface area contributed by atoms with Crippen LogP contribution >= 0.6 is 0 Å². The molecule has 0 bridgehead atoms. The summed E-state index contributed by atoms with van der Waals surface area (Å²) in [5.41, 5.74) is 0.000417. The Morgan fingerprint density at radius 3 is 2.55 bits per heavy atom. The van der Waals surface area contributed by atoms with E-state index in [0.717, 1.165) is 6.54 Å². The summed E-state index contributed by atoms with van der Waals surface area (Å²) in [7, 11) is 1.79. The zero-order chi connectivity index (χ0) is 8.32. The van der Waals surface area contributed by atoms with Gasteiger partial charge in [0.15, 0.2) is 0 Å². The van der Waals surface area contributed by atoms with Crippen LogP contribution in [0, 0.1) is 0 Å². The van der Waals surface area contributed by atoms with E-state index >= 15 is 0 Å². The van der Waals surface area contributed by atoms with E-state index in [1.165, 1.54) is 19.3 Å². The second-order valence-electron chi connectivity index (χ2n) is 3.81. The summed E-state index contributed by atoms with van der Waals surface area (Å²) < 4.78 is 5.41. The fourth-order valence-electron chi connectivity index (χ4n) is 1.59. The maximum absolute atomic E-state index is 5.41. The molecule has 0 aromatic carbocycles. The molecule has 1 unspecified atom stereocenters. The van der Waals surface area contributed by atoms with Crippen LogP contribution in [0.2, 0.25) is 0 Å². The zero-order valence-electron chi connectivity index (χ0n) is 7.81. The minimum atomic E-state index is 0.000417. The van der Waals surface area contributed by atoms with Gasteiger partial charge in [0.2, 0.25) is 0 Å². The molecule has 0 aromatic rings. The first-order valence-corrected chi connectivity index (χ1v) is 4.45. The Morgan fingerprint density at radius 1 is 1.36 bits per heavy atom. The first-order chi connectivity index (χ1) is 5.17. The number of piperidine rings is 1. The summed E-state index contributed by atoms with van der Waals surface area (Å²) in [4.78, 5) is 0. The van der Waals surface area contributed by atoms with Crippen molar-refractivity contribution < 1.29 is 4.74 Å². The van der Waals surface area contributed by atoms with Gasteiger partial charge in [0, 0.05) is 13.2 Å². The van der Waals surface area contributed by atoms with Crippen molar-refractivity contribution in [1.29, 1.82) is 0 Å². The lowest BCUT2D eigenvalue weighted by Gasteiger charge is -2.36. The third-order valence-corrected chi connectivity index (χ3v) is 2.68. The third kappa shape index (κ3) is 2.17. The molecule has 0 aromatic heterocycles. The SMILES string of the molecule is COC(C)(C)C1CCCCN1. The average Bonchev–Trinajstić information content (AvgIpc) is 2.06. The van der Waals surface area contributed by atoms with Gasteiger partial charge in [-0.2, -0.15) is 0 Å². The van der Waals surface area contributed by atoms with Crippen molar-refractivity contribution in [2.24, 2.45) is 0 Å². The molecule has 1 rings (SSSR count). The molecular weight excluding hydrogens is 138 g/mol. The summed E-state index contributed by atoms with van der Waals surface area (Å²) in [6, 6.07) is 0.543. The predicted octanol–water partition coefficient (Wildman–Crippen LogP) is 1.55. The topological polar surface area (TPSA) is 21.3 Å². The molecule has 1 fully saturated rings. The number of rotatable bonds is 2. The molecule has 1 aliphatic heterocycles. The maximum atomic E-state index is 5.41. The highest BCUT2D eigenvalue weighted by Crippen LogP contribution is 2.21. The molecule has 1 aliphatic rings. The number of methoxy groups -OCH3 is 1. The molecular formula is C9H19NO. The fraction of sp³-hybridized carbons (Fsp3) is 1.00. The van der Waals surface area contributed by atoms with Crippen LogP contribution in [-0.4, -0.2) is 25.3 Å². The summed E-state index contributed by atoms with van der Waals surface area (Å²) in [6.45, 7) is 5.45. The van der Waals surface area contributed by atoms with Crippen LogP contribution in [-0.2, 0) is 4.74 Å². The van der Waals surface area contributed by atoms with Crippen LogP contribution in [0.25, 0.3) is 0 Å². The van der Waals surface area contributed by atoms with Crippen molar-refractivity contribution in [2.45, 2.75) is 44.8 Å². The number of hydrogen-bond donors (Lipinski definition) is 1. The Bertz CT molecular complexity index is 117. The molecule has 0 spiro atoms. The van der Waals surface area contributed by atoms with Crippen molar-refractivity contribution >= 4 is 0 Å². The van der Waals surface area contributed by atoms with Gasteiger partial charge in [0.25, 0.3) is 0 Å². The molecule has 1 N–H and O–H groups in total. The van der Waals surface area contributed by atoms with Gasteiger partial charge in [0.1, 0.15) is 0 Å². The van der Waals surface area contributed by atoms with E-state index in [4.69, 9.17) is 4.74 Å². The van der Waals surface area contributed by atoms with E-state index in [9.17, 15) is 0 Å². The summed E-state index contributed by atoms with van der Waals surface area (Å²) in [5.74, 6) is 0. The molecule has 1 heterocycles. The smallest absolute Gasteiger partial charge is 0.0774 e. The van der Waals surface area contributed by atoms with Crippen molar-refractivity contribution in [3.05, 3.63) is 0 Å². The molecule has 0 amide bonds. The highest BCUT2D eigenvalue weighted by atomic mass is 16.5. The van der Waals surface area contributed by atoms with E-state index in [0.29, 0.717) is 6.04 Å². The Balaban J connectivity index is 2.43. The van der Waals surface area contributed by atoms with Crippen LogP contribution in [0.15, 0.2) is 0 Å². The van der Waals surface area contributed by atoms with E-state index < -0.39 is 0 Å². The van der Waals surface area contributed by atoms with Gasteiger partial charge in [-0.3, -0.25) is 0 Å². The molecule has 66 valence electrons. The normalized spacial score (nSPS) is 27.0. The van der Waals surface area contributed by atoms with Crippen molar-refractivity contribution in [3.8, 4) is 0 Å². The van der Waals surface area contributed by atoms with Gasteiger partial charge in [-0.05, 0) is 33.2 Å². The number of nitrogens with one attached hydrogen (secondary N) is 1. The van der Waals surface area contributed by atoms with Crippen molar-refractivity contribution in [3.63, 3.8) is 0 Å². The van der Waals surface area contributed by atoms with Crippen LogP contribution in [0.1, 0.15) is 33.1 Å². The van der Waals surface area contributed by atoms with Crippen LogP contribution in [0.3, 0.4) is 0 Å². The van der Waals surface area contributed by atoms with Crippen LogP contribution in [0.5, 0.6) is 0 Å².